The van der Waals surface area contributed by atoms with Crippen molar-refractivity contribution in [3.8, 4) is 5.75 Å². The molecule has 0 aliphatic heterocycles. The molecule has 0 aliphatic rings. The molecular formula is C22H24N2O3. The van der Waals surface area contributed by atoms with Gasteiger partial charge in [-0.1, -0.05) is 18.2 Å². The monoisotopic (exact) mass is 364 g/mol. The predicted octanol–water partition coefficient (Wildman–Crippen LogP) is 3.90. The number of amides is 1. The van der Waals surface area contributed by atoms with Crippen molar-refractivity contribution in [3.63, 3.8) is 0 Å². The molecule has 0 aliphatic carbocycles. The molecular weight excluding hydrogens is 340 g/mol. The van der Waals surface area contributed by atoms with Crippen molar-refractivity contribution >= 4 is 16.8 Å². The van der Waals surface area contributed by atoms with Crippen molar-refractivity contribution in [3.05, 3.63) is 75.6 Å². The van der Waals surface area contributed by atoms with Gasteiger partial charge >= 0.3 is 0 Å². The molecule has 0 radical (unpaired) electrons. The van der Waals surface area contributed by atoms with Gasteiger partial charge in [0, 0.05) is 17.2 Å². The average Bonchev–Trinajstić information content (AvgIpc) is 2.66. The summed E-state index contributed by atoms with van der Waals surface area (Å²) in [5, 5.41) is 0.963. The summed E-state index contributed by atoms with van der Waals surface area (Å²) in [5.41, 5.74) is 2.83. The number of para-hydroxylation sites is 1. The minimum Gasteiger partial charge on any atom is -0.497 e. The number of H-pyrrole nitrogens is 1. The number of hydrogen-bond acceptors (Lipinski definition) is 3. The Morgan fingerprint density at radius 3 is 2.48 bits per heavy atom. The van der Waals surface area contributed by atoms with E-state index in [2.05, 4.69) is 4.98 Å². The molecule has 0 saturated carbocycles. The van der Waals surface area contributed by atoms with Crippen LogP contribution in [-0.4, -0.2) is 28.9 Å². The van der Waals surface area contributed by atoms with Crippen LogP contribution in [0.2, 0.25) is 0 Å². The normalized spacial score (nSPS) is 11.0. The van der Waals surface area contributed by atoms with E-state index in [0.29, 0.717) is 16.9 Å². The zero-order chi connectivity index (χ0) is 19.6. The predicted molar refractivity (Wildman–Crippen MR) is 107 cm³/mol. The van der Waals surface area contributed by atoms with Gasteiger partial charge in [-0.3, -0.25) is 9.59 Å². The molecule has 1 aromatic heterocycles. The van der Waals surface area contributed by atoms with Crippen LogP contribution >= 0.6 is 0 Å². The molecule has 1 heterocycles. The number of rotatable bonds is 5. The molecule has 0 atom stereocenters. The number of hydrogen-bond donors (Lipinski definition) is 1. The van der Waals surface area contributed by atoms with Crippen LogP contribution in [0.15, 0.2) is 53.3 Å². The highest BCUT2D eigenvalue weighted by molar-refractivity contribution is 5.94. The number of nitrogens with zero attached hydrogens (tertiary/aromatic N) is 1. The Morgan fingerprint density at radius 1 is 1.15 bits per heavy atom. The maximum Gasteiger partial charge on any atom is 0.254 e. The van der Waals surface area contributed by atoms with Gasteiger partial charge in [-0.15, -0.1) is 0 Å². The lowest BCUT2D eigenvalue weighted by Crippen LogP contribution is -2.38. The SMILES string of the molecule is COc1ccc(C(=O)N(Cc2cc3cccc(C)c3[nH]c2=O)C(C)C)cc1. The van der Waals surface area contributed by atoms with E-state index in [1.54, 1.807) is 36.3 Å². The molecule has 2 aromatic carbocycles. The van der Waals surface area contributed by atoms with Crippen molar-refractivity contribution in [2.24, 2.45) is 0 Å². The number of benzene rings is 2. The highest BCUT2D eigenvalue weighted by atomic mass is 16.5. The molecule has 0 saturated heterocycles. The summed E-state index contributed by atoms with van der Waals surface area (Å²) in [4.78, 5) is 30.2. The van der Waals surface area contributed by atoms with Crippen LogP contribution in [0.4, 0.5) is 0 Å². The minimum absolute atomic E-state index is 0.0489. The standard InChI is InChI=1S/C22H24N2O3/c1-14(2)24(22(26)16-8-10-19(27-4)11-9-16)13-18-12-17-7-5-6-15(3)20(17)23-21(18)25/h5-12,14H,13H2,1-4H3,(H,23,25). The Balaban J connectivity index is 1.94. The fraction of sp³-hybridized carbons (Fsp3) is 0.273. The minimum atomic E-state index is -0.162. The van der Waals surface area contributed by atoms with E-state index >= 15 is 0 Å². The smallest absolute Gasteiger partial charge is 0.254 e. The Labute approximate surface area is 158 Å². The van der Waals surface area contributed by atoms with Gasteiger partial charge in [-0.05, 0) is 62.1 Å². The van der Waals surface area contributed by atoms with Gasteiger partial charge in [0.25, 0.3) is 11.5 Å². The van der Waals surface area contributed by atoms with E-state index in [1.165, 1.54) is 0 Å². The zero-order valence-electron chi connectivity index (χ0n) is 16.1. The van der Waals surface area contributed by atoms with Gasteiger partial charge in [0.05, 0.1) is 19.2 Å². The number of carbonyl (C=O) groups is 1. The van der Waals surface area contributed by atoms with Crippen LogP contribution in [0.5, 0.6) is 5.75 Å². The van der Waals surface area contributed by atoms with E-state index in [4.69, 9.17) is 4.74 Å². The number of carbonyl (C=O) groups excluding carboxylic acids is 1. The summed E-state index contributed by atoms with van der Waals surface area (Å²) < 4.78 is 5.15. The molecule has 0 spiro atoms. The number of aryl methyl sites for hydroxylation is 1. The number of aromatic nitrogens is 1. The number of ether oxygens (including phenoxy) is 1. The lowest BCUT2D eigenvalue weighted by atomic mass is 10.1. The molecule has 5 heteroatoms. The van der Waals surface area contributed by atoms with Crippen molar-refractivity contribution in [2.75, 3.05) is 7.11 Å². The largest absolute Gasteiger partial charge is 0.497 e. The molecule has 5 nitrogen and oxygen atoms in total. The summed E-state index contributed by atoms with van der Waals surface area (Å²) in [5.74, 6) is 0.584. The van der Waals surface area contributed by atoms with E-state index in [9.17, 15) is 9.59 Å². The molecule has 27 heavy (non-hydrogen) atoms. The fourth-order valence-corrected chi connectivity index (χ4v) is 3.12. The summed E-state index contributed by atoms with van der Waals surface area (Å²) in [7, 11) is 1.59. The maximum atomic E-state index is 13.0. The summed E-state index contributed by atoms with van der Waals surface area (Å²) in [6.07, 6.45) is 0. The van der Waals surface area contributed by atoms with Gasteiger partial charge in [-0.25, -0.2) is 0 Å². The van der Waals surface area contributed by atoms with Crippen molar-refractivity contribution < 1.29 is 9.53 Å². The molecule has 0 fully saturated rings. The second kappa shape index (κ2) is 7.66. The number of aromatic amines is 1. The fourth-order valence-electron chi connectivity index (χ4n) is 3.12. The quantitative estimate of drug-likeness (QED) is 0.747. The van der Waals surface area contributed by atoms with E-state index < -0.39 is 0 Å². The first-order valence-electron chi connectivity index (χ1n) is 8.97. The Morgan fingerprint density at radius 2 is 1.85 bits per heavy atom. The average molecular weight is 364 g/mol. The second-order valence-corrected chi connectivity index (χ2v) is 6.92. The molecule has 1 N–H and O–H groups in total. The van der Waals surface area contributed by atoms with Crippen LogP contribution in [0.25, 0.3) is 10.9 Å². The molecule has 0 unspecified atom stereocenters. The van der Waals surface area contributed by atoms with Crippen LogP contribution < -0.4 is 10.3 Å². The Hall–Kier alpha value is -3.08. The van der Waals surface area contributed by atoms with Gasteiger partial charge in [-0.2, -0.15) is 0 Å². The number of nitrogens with one attached hydrogen (secondary N) is 1. The highest BCUT2D eigenvalue weighted by Crippen LogP contribution is 2.19. The van der Waals surface area contributed by atoms with Crippen molar-refractivity contribution in [1.82, 2.24) is 9.88 Å². The third-order valence-corrected chi connectivity index (χ3v) is 4.73. The van der Waals surface area contributed by atoms with Crippen LogP contribution in [0, 0.1) is 6.92 Å². The third kappa shape index (κ3) is 3.87. The summed E-state index contributed by atoms with van der Waals surface area (Å²) >= 11 is 0. The summed E-state index contributed by atoms with van der Waals surface area (Å²) in [6, 6.07) is 14.7. The van der Waals surface area contributed by atoms with E-state index in [-0.39, 0.29) is 24.1 Å². The van der Waals surface area contributed by atoms with Gasteiger partial charge in [0.15, 0.2) is 0 Å². The highest BCUT2D eigenvalue weighted by Gasteiger charge is 2.20. The molecule has 3 rings (SSSR count). The molecule has 140 valence electrons. The number of fused-ring (bicyclic) bond motifs is 1. The first-order chi connectivity index (χ1) is 12.9. The second-order valence-electron chi connectivity index (χ2n) is 6.92. The molecule has 1 amide bonds. The topological polar surface area (TPSA) is 62.4 Å². The first-order valence-corrected chi connectivity index (χ1v) is 8.97. The van der Waals surface area contributed by atoms with Crippen LogP contribution in [0.1, 0.15) is 35.3 Å². The van der Waals surface area contributed by atoms with Crippen LogP contribution in [-0.2, 0) is 6.54 Å². The van der Waals surface area contributed by atoms with Gasteiger partial charge < -0.3 is 14.6 Å². The molecule has 0 bridgehead atoms. The van der Waals surface area contributed by atoms with Gasteiger partial charge in [0.2, 0.25) is 0 Å². The number of pyridine rings is 1. The van der Waals surface area contributed by atoms with Crippen molar-refractivity contribution in [1.29, 1.82) is 0 Å². The Kier molecular flexibility index (Phi) is 5.31. The van der Waals surface area contributed by atoms with E-state index in [1.807, 2.05) is 45.0 Å². The summed E-state index contributed by atoms with van der Waals surface area (Å²) in [6.45, 7) is 6.11. The number of methoxy groups -OCH3 is 1. The first kappa shape index (κ1) is 18.7. The lowest BCUT2D eigenvalue weighted by Gasteiger charge is -2.27. The Bertz CT molecular complexity index is 1020. The van der Waals surface area contributed by atoms with Crippen molar-refractivity contribution in [2.45, 2.75) is 33.4 Å². The maximum absolute atomic E-state index is 13.0. The zero-order valence-corrected chi connectivity index (χ0v) is 16.1. The lowest BCUT2D eigenvalue weighted by molar-refractivity contribution is 0.0689. The van der Waals surface area contributed by atoms with E-state index in [0.717, 1.165) is 16.5 Å². The van der Waals surface area contributed by atoms with Crippen LogP contribution in [0.3, 0.4) is 0 Å². The molecule has 3 aromatic rings. The van der Waals surface area contributed by atoms with Gasteiger partial charge in [0.1, 0.15) is 5.75 Å². The third-order valence-electron chi connectivity index (χ3n) is 4.73.